The molecule has 1 saturated heterocycles. The number of benzene rings is 1. The van der Waals surface area contributed by atoms with Gasteiger partial charge in [0.1, 0.15) is 0 Å². The Bertz CT molecular complexity index is 1140. The molecule has 12 heteroatoms. The Morgan fingerprint density at radius 2 is 1.94 bits per heavy atom. The Hall–Kier alpha value is -2.76. The van der Waals surface area contributed by atoms with Crippen LogP contribution in [0.1, 0.15) is 27.8 Å². The van der Waals surface area contributed by atoms with Gasteiger partial charge < -0.3 is 25.5 Å². The van der Waals surface area contributed by atoms with E-state index in [9.17, 15) is 14.3 Å². The zero-order chi connectivity index (χ0) is 24.1. The molecule has 1 aliphatic rings. The molecule has 34 heavy (non-hydrogen) atoms. The van der Waals surface area contributed by atoms with Crippen LogP contribution in [0.25, 0.3) is 0 Å². The van der Waals surface area contributed by atoms with Crippen LogP contribution in [0.4, 0.5) is 16.0 Å². The second-order valence-electron chi connectivity index (χ2n) is 7.61. The molecule has 1 unspecified atom stereocenters. The maximum atomic E-state index is 14.3. The zero-order valence-electron chi connectivity index (χ0n) is 18.0. The lowest BCUT2D eigenvalue weighted by atomic mass is 10.0. The third-order valence-corrected chi connectivity index (χ3v) is 5.91. The number of hydrogen-bond acceptors (Lipinski definition) is 8. The van der Waals surface area contributed by atoms with Crippen molar-refractivity contribution in [2.24, 2.45) is 0 Å². The number of anilines is 2. The molecule has 4 rings (SSSR count). The first-order valence-electron chi connectivity index (χ1n) is 10.6. The molecule has 0 spiro atoms. The number of rotatable bonds is 9. The van der Waals surface area contributed by atoms with Crippen LogP contribution in [0.2, 0.25) is 10.0 Å². The van der Waals surface area contributed by atoms with E-state index in [1.54, 1.807) is 0 Å². The number of H-pyrrole nitrogens is 1. The minimum Gasteiger partial charge on any atom is -0.379 e. The van der Waals surface area contributed by atoms with E-state index in [1.165, 1.54) is 36.8 Å². The van der Waals surface area contributed by atoms with Crippen molar-refractivity contribution < 1.29 is 19.0 Å². The van der Waals surface area contributed by atoms with E-state index in [-0.39, 0.29) is 26.9 Å². The van der Waals surface area contributed by atoms with Gasteiger partial charge in [-0.3, -0.25) is 9.69 Å². The van der Waals surface area contributed by atoms with E-state index in [2.05, 4.69) is 30.5 Å². The van der Waals surface area contributed by atoms with Gasteiger partial charge in [-0.1, -0.05) is 23.2 Å². The first kappa shape index (κ1) is 24.4. The normalized spacial score (nSPS) is 15.2. The second kappa shape index (κ2) is 11.1. The van der Waals surface area contributed by atoms with E-state index in [1.807, 2.05) is 0 Å². The number of halogens is 3. The summed E-state index contributed by atoms with van der Waals surface area (Å²) in [5, 5.41) is 16.2. The monoisotopic (exact) mass is 508 g/mol. The molecule has 4 N–H and O–H groups in total. The third kappa shape index (κ3) is 5.83. The lowest BCUT2D eigenvalue weighted by molar-refractivity contribution is 0.0398. The Morgan fingerprint density at radius 3 is 2.68 bits per heavy atom. The molecule has 3 heterocycles. The number of aromatic amines is 1. The Labute approximate surface area is 205 Å². The van der Waals surface area contributed by atoms with Gasteiger partial charge in [-0.2, -0.15) is 0 Å². The number of nitrogens with zero attached hydrogens (tertiary/aromatic N) is 3. The molecule has 0 aliphatic carbocycles. The van der Waals surface area contributed by atoms with Crippen molar-refractivity contribution >= 4 is 40.6 Å². The predicted molar refractivity (Wildman–Crippen MR) is 127 cm³/mol. The maximum absolute atomic E-state index is 14.3. The maximum Gasteiger partial charge on any atom is 0.222 e. The van der Waals surface area contributed by atoms with Crippen LogP contribution in [0.3, 0.4) is 0 Å². The summed E-state index contributed by atoms with van der Waals surface area (Å²) in [6.45, 7) is 4.89. The Morgan fingerprint density at radius 1 is 1.24 bits per heavy atom. The van der Waals surface area contributed by atoms with Crippen molar-refractivity contribution in [3.8, 4) is 0 Å². The van der Waals surface area contributed by atoms with Crippen LogP contribution < -0.4 is 10.6 Å². The van der Waals surface area contributed by atoms with E-state index in [4.69, 9.17) is 27.9 Å². The Kier molecular flexibility index (Phi) is 7.96. The van der Waals surface area contributed by atoms with Gasteiger partial charge in [0.2, 0.25) is 5.95 Å². The van der Waals surface area contributed by atoms with Crippen LogP contribution in [0.5, 0.6) is 0 Å². The highest BCUT2D eigenvalue weighted by molar-refractivity contribution is 6.37. The summed E-state index contributed by atoms with van der Waals surface area (Å²) in [5.74, 6) is -1.08. The van der Waals surface area contributed by atoms with Gasteiger partial charge in [-0.15, -0.1) is 0 Å². The van der Waals surface area contributed by atoms with E-state index in [0.29, 0.717) is 18.2 Å². The highest BCUT2D eigenvalue weighted by Gasteiger charge is 2.22. The number of nitrogens with one attached hydrogen (secondary N) is 3. The smallest absolute Gasteiger partial charge is 0.222 e. The van der Waals surface area contributed by atoms with Crippen LogP contribution in [0.15, 0.2) is 36.8 Å². The quantitative estimate of drug-likeness (QED) is 0.197. The molecule has 1 aromatic carbocycles. The van der Waals surface area contributed by atoms with E-state index < -0.39 is 17.8 Å². The molecular weight excluding hydrogens is 486 g/mol. The average Bonchev–Trinajstić information content (AvgIpc) is 3.34. The number of aromatic nitrogens is 3. The number of morpholine rings is 1. The van der Waals surface area contributed by atoms with Crippen LogP contribution in [-0.2, 0) is 4.74 Å². The SMILES string of the molecule is O=C(c1c[nH]c(C(O)Nc2cnc(NCCN3CCOCC3)nc2)c1)c1c(Cl)ccc(Cl)c1F. The summed E-state index contributed by atoms with van der Waals surface area (Å²) in [4.78, 5) is 26.3. The van der Waals surface area contributed by atoms with Gasteiger partial charge >= 0.3 is 0 Å². The van der Waals surface area contributed by atoms with Gasteiger partial charge in [0.05, 0.1) is 52.6 Å². The number of carbonyl (C=O) groups excluding carboxylic acids is 1. The summed E-state index contributed by atoms with van der Waals surface area (Å²) in [6, 6.07) is 4.03. The molecule has 1 aliphatic heterocycles. The van der Waals surface area contributed by atoms with Crippen LogP contribution in [-0.4, -0.2) is 70.1 Å². The highest BCUT2D eigenvalue weighted by atomic mass is 35.5. The molecule has 1 atom stereocenters. The molecule has 0 amide bonds. The summed E-state index contributed by atoms with van der Waals surface area (Å²) in [6.07, 6.45) is 3.23. The van der Waals surface area contributed by atoms with Gasteiger partial charge in [-0.25, -0.2) is 14.4 Å². The standard InChI is InChI=1S/C22H23Cl2FN6O3/c23-15-1-2-16(24)19(25)18(15)20(32)13-9-17(27-10-13)21(33)30-14-11-28-22(29-12-14)26-3-4-31-5-7-34-8-6-31/h1-2,9-12,21,27,30,33H,3-8H2,(H,26,28,29). The van der Waals surface area contributed by atoms with Crippen molar-refractivity contribution in [1.29, 1.82) is 0 Å². The molecule has 0 saturated carbocycles. The van der Waals surface area contributed by atoms with Gasteiger partial charge in [0.15, 0.2) is 17.8 Å². The summed E-state index contributed by atoms with van der Waals surface area (Å²) < 4.78 is 19.7. The minimum absolute atomic E-state index is 0.0517. The van der Waals surface area contributed by atoms with Crippen LogP contribution in [0, 0.1) is 5.82 Å². The number of hydrogen-bond donors (Lipinski definition) is 4. The first-order chi connectivity index (χ1) is 16.4. The molecule has 0 radical (unpaired) electrons. The molecular formula is C22H23Cl2FN6O3. The fourth-order valence-corrected chi connectivity index (χ4v) is 3.85. The van der Waals surface area contributed by atoms with E-state index >= 15 is 0 Å². The van der Waals surface area contributed by atoms with Crippen molar-refractivity contribution in [3.63, 3.8) is 0 Å². The summed E-state index contributed by atoms with van der Waals surface area (Å²) in [7, 11) is 0. The summed E-state index contributed by atoms with van der Waals surface area (Å²) in [5.41, 5.74) is 0.550. The summed E-state index contributed by atoms with van der Waals surface area (Å²) >= 11 is 11.8. The number of ketones is 1. The zero-order valence-corrected chi connectivity index (χ0v) is 19.5. The number of carbonyl (C=O) groups is 1. The highest BCUT2D eigenvalue weighted by Crippen LogP contribution is 2.28. The lowest BCUT2D eigenvalue weighted by Gasteiger charge is -2.26. The number of ether oxygens (including phenoxy) is 1. The van der Waals surface area contributed by atoms with Gasteiger partial charge in [0, 0.05) is 37.9 Å². The number of aliphatic hydroxyl groups excluding tert-OH is 1. The predicted octanol–water partition coefficient (Wildman–Crippen LogP) is 3.33. The molecule has 2 aromatic heterocycles. The fourth-order valence-electron chi connectivity index (χ4n) is 3.46. The van der Waals surface area contributed by atoms with Crippen LogP contribution >= 0.6 is 23.2 Å². The minimum atomic E-state index is -1.19. The fraction of sp³-hybridized carbons (Fsp3) is 0.318. The molecule has 1 fully saturated rings. The Balaban J connectivity index is 1.33. The molecule has 0 bridgehead atoms. The van der Waals surface area contributed by atoms with Gasteiger partial charge in [-0.05, 0) is 18.2 Å². The average molecular weight is 509 g/mol. The molecule has 9 nitrogen and oxygen atoms in total. The second-order valence-corrected chi connectivity index (χ2v) is 8.43. The number of aliphatic hydroxyl groups is 1. The van der Waals surface area contributed by atoms with Crippen molar-refractivity contribution in [2.75, 3.05) is 50.0 Å². The largest absolute Gasteiger partial charge is 0.379 e. The molecule has 180 valence electrons. The van der Waals surface area contributed by atoms with E-state index in [0.717, 1.165) is 32.8 Å². The van der Waals surface area contributed by atoms with Gasteiger partial charge in [0.25, 0.3) is 0 Å². The lowest BCUT2D eigenvalue weighted by Crippen LogP contribution is -2.39. The molecule has 3 aromatic rings. The first-order valence-corrected chi connectivity index (χ1v) is 11.3. The third-order valence-electron chi connectivity index (χ3n) is 5.30. The topological polar surface area (TPSA) is 115 Å². The van der Waals surface area contributed by atoms with Crippen molar-refractivity contribution in [3.05, 3.63) is 69.5 Å². The van der Waals surface area contributed by atoms with Crippen molar-refractivity contribution in [2.45, 2.75) is 6.23 Å². The van der Waals surface area contributed by atoms with Crippen molar-refractivity contribution in [1.82, 2.24) is 19.9 Å².